The van der Waals surface area contributed by atoms with Gasteiger partial charge < -0.3 is 5.11 Å². The lowest BCUT2D eigenvalue weighted by atomic mass is 9.75. The molecule has 0 amide bonds. The van der Waals surface area contributed by atoms with Crippen LogP contribution in [0.25, 0.3) is 11.1 Å². The Morgan fingerprint density at radius 3 is 2.36 bits per heavy atom. The van der Waals surface area contributed by atoms with Gasteiger partial charge in [-0.3, -0.25) is 0 Å². The maximum absolute atomic E-state index is 12.0. The predicted octanol–water partition coefficient (Wildman–Crippen LogP) is 2.27. The van der Waals surface area contributed by atoms with E-state index in [0.29, 0.717) is 0 Å². The van der Waals surface area contributed by atoms with Crippen molar-refractivity contribution in [1.82, 2.24) is 4.31 Å². The van der Waals surface area contributed by atoms with Gasteiger partial charge in [0.05, 0.1) is 25.0 Å². The van der Waals surface area contributed by atoms with Crippen LogP contribution in [0.15, 0.2) is 48.5 Å². The van der Waals surface area contributed by atoms with E-state index in [2.05, 4.69) is 6.07 Å². The number of benzene rings is 2. The first kappa shape index (κ1) is 17.6. The lowest BCUT2D eigenvalue weighted by Gasteiger charge is -2.50. The van der Waals surface area contributed by atoms with E-state index >= 15 is 0 Å². The number of rotatable bonds is 4. The van der Waals surface area contributed by atoms with Gasteiger partial charge in [0.1, 0.15) is 6.04 Å². The van der Waals surface area contributed by atoms with Crippen LogP contribution in [-0.2, 0) is 10.0 Å². The molecular formula is C19H20N2O3S. The van der Waals surface area contributed by atoms with Gasteiger partial charge >= 0.3 is 0 Å². The summed E-state index contributed by atoms with van der Waals surface area (Å²) in [6, 6.07) is 16.4. The molecule has 3 atom stereocenters. The molecule has 1 aliphatic heterocycles. The van der Waals surface area contributed by atoms with Crippen molar-refractivity contribution in [1.29, 1.82) is 5.26 Å². The Kier molecular flexibility index (Phi) is 4.65. The van der Waals surface area contributed by atoms with Crippen molar-refractivity contribution >= 4 is 10.0 Å². The molecule has 25 heavy (non-hydrogen) atoms. The van der Waals surface area contributed by atoms with Gasteiger partial charge in [0, 0.05) is 5.92 Å². The molecule has 0 saturated carbocycles. The largest absolute Gasteiger partial charge is 0.395 e. The number of nitriles is 1. The second-order valence-electron chi connectivity index (χ2n) is 6.40. The summed E-state index contributed by atoms with van der Waals surface area (Å²) in [5.41, 5.74) is 4.00. The molecule has 5 nitrogen and oxygen atoms in total. The van der Waals surface area contributed by atoms with Crippen LogP contribution < -0.4 is 0 Å². The van der Waals surface area contributed by atoms with E-state index in [9.17, 15) is 18.8 Å². The number of hydrogen-bond donors (Lipinski definition) is 1. The van der Waals surface area contributed by atoms with E-state index in [-0.39, 0.29) is 12.5 Å². The average molecular weight is 356 g/mol. The summed E-state index contributed by atoms with van der Waals surface area (Å²) in [5, 5.41) is 19.3. The summed E-state index contributed by atoms with van der Waals surface area (Å²) in [5.74, 6) is -0.359. The van der Waals surface area contributed by atoms with Gasteiger partial charge in [-0.05, 0) is 23.6 Å². The fourth-order valence-electron chi connectivity index (χ4n) is 3.58. The fraction of sp³-hybridized carbons (Fsp3) is 0.316. The number of sulfonamides is 1. The maximum atomic E-state index is 12.0. The van der Waals surface area contributed by atoms with Gasteiger partial charge in [0.15, 0.2) is 0 Å². The van der Waals surface area contributed by atoms with Gasteiger partial charge in [-0.1, -0.05) is 54.1 Å². The normalized spacial score (nSPS) is 23.7. The molecular weight excluding hydrogens is 336 g/mol. The zero-order chi connectivity index (χ0) is 18.2. The molecule has 1 N–H and O–H groups in total. The molecule has 0 aromatic heterocycles. The number of aliphatic hydroxyl groups excluding tert-OH is 1. The third-order valence-electron chi connectivity index (χ3n) is 4.74. The molecule has 3 rings (SSSR count). The molecule has 0 unspecified atom stereocenters. The minimum Gasteiger partial charge on any atom is -0.395 e. The number of nitrogens with zero attached hydrogens (tertiary/aromatic N) is 2. The van der Waals surface area contributed by atoms with E-state index in [0.717, 1.165) is 32.8 Å². The molecule has 2 aromatic rings. The molecule has 1 aliphatic rings. The topological polar surface area (TPSA) is 81.4 Å². The first-order chi connectivity index (χ1) is 11.9. The van der Waals surface area contributed by atoms with Crippen LogP contribution in [0, 0.1) is 18.3 Å². The highest BCUT2D eigenvalue weighted by atomic mass is 32.2. The van der Waals surface area contributed by atoms with Crippen LogP contribution in [0.1, 0.15) is 17.0 Å². The molecule has 130 valence electrons. The highest BCUT2D eigenvalue weighted by molar-refractivity contribution is 7.88. The van der Waals surface area contributed by atoms with Crippen molar-refractivity contribution in [3.8, 4) is 17.2 Å². The van der Waals surface area contributed by atoms with Gasteiger partial charge in [-0.2, -0.15) is 9.57 Å². The lowest BCUT2D eigenvalue weighted by molar-refractivity contribution is 0.0566. The number of aryl methyl sites for hydroxylation is 1. The van der Waals surface area contributed by atoms with Crippen LogP contribution in [0.4, 0.5) is 0 Å². The second kappa shape index (κ2) is 6.60. The maximum Gasteiger partial charge on any atom is 0.212 e. The minimum atomic E-state index is -3.56. The fourth-order valence-corrected chi connectivity index (χ4v) is 4.86. The summed E-state index contributed by atoms with van der Waals surface area (Å²) >= 11 is 0. The molecule has 0 bridgehead atoms. The zero-order valence-electron chi connectivity index (χ0n) is 14.1. The Morgan fingerprint density at radius 2 is 1.80 bits per heavy atom. The van der Waals surface area contributed by atoms with Crippen molar-refractivity contribution < 1.29 is 13.5 Å². The SMILES string of the molecule is Cc1ccc(-c2ccccc2[C@H]2[C@@H](CO)N(S(C)(=O)=O)[C@H]2C#N)cc1. The monoisotopic (exact) mass is 356 g/mol. The van der Waals surface area contributed by atoms with E-state index in [1.54, 1.807) is 0 Å². The molecule has 0 aliphatic carbocycles. The molecule has 2 aromatic carbocycles. The summed E-state index contributed by atoms with van der Waals surface area (Å²) in [4.78, 5) is 0. The summed E-state index contributed by atoms with van der Waals surface area (Å²) in [6.45, 7) is 1.69. The predicted molar refractivity (Wildman–Crippen MR) is 96.3 cm³/mol. The zero-order valence-corrected chi connectivity index (χ0v) is 14.9. The quantitative estimate of drug-likeness (QED) is 0.911. The van der Waals surface area contributed by atoms with Crippen LogP contribution >= 0.6 is 0 Å². The molecule has 6 heteroatoms. The molecule has 1 saturated heterocycles. The summed E-state index contributed by atoms with van der Waals surface area (Å²) in [6.07, 6.45) is 1.07. The van der Waals surface area contributed by atoms with Crippen LogP contribution in [0.3, 0.4) is 0 Å². The molecule has 1 heterocycles. The van der Waals surface area contributed by atoms with Crippen molar-refractivity contribution in [3.05, 3.63) is 59.7 Å². The number of hydrogen-bond acceptors (Lipinski definition) is 4. The Hall–Kier alpha value is -2.20. The van der Waals surface area contributed by atoms with E-state index in [4.69, 9.17) is 0 Å². The smallest absolute Gasteiger partial charge is 0.212 e. The Labute approximate surface area is 148 Å². The second-order valence-corrected chi connectivity index (χ2v) is 8.28. The Balaban J connectivity index is 2.08. The van der Waals surface area contributed by atoms with Crippen molar-refractivity contribution in [2.24, 2.45) is 0 Å². The first-order valence-corrected chi connectivity index (χ1v) is 9.88. The minimum absolute atomic E-state index is 0.321. The van der Waals surface area contributed by atoms with Crippen LogP contribution in [0.5, 0.6) is 0 Å². The molecule has 0 spiro atoms. The van der Waals surface area contributed by atoms with Gasteiger partial charge in [0.2, 0.25) is 10.0 Å². The van der Waals surface area contributed by atoms with E-state index in [1.807, 2.05) is 55.5 Å². The summed E-state index contributed by atoms with van der Waals surface area (Å²) in [7, 11) is -3.56. The van der Waals surface area contributed by atoms with Gasteiger partial charge in [0.25, 0.3) is 0 Å². The molecule has 1 fully saturated rings. The standard InChI is InChI=1S/C19H20N2O3S/c1-13-7-9-14(10-8-13)15-5-3-4-6-16(15)19-17(11-20)21(18(19)12-22)25(2,23)24/h3-10,17-19,22H,12H2,1-2H3/t17-,18+,19+/m0/s1. The highest BCUT2D eigenvalue weighted by Crippen LogP contribution is 2.45. The third kappa shape index (κ3) is 3.07. The Bertz CT molecular complexity index is 916. The first-order valence-electron chi connectivity index (χ1n) is 8.03. The lowest BCUT2D eigenvalue weighted by Crippen LogP contribution is -2.64. The van der Waals surface area contributed by atoms with E-state index in [1.165, 1.54) is 0 Å². The summed E-state index contributed by atoms with van der Waals surface area (Å²) < 4.78 is 25.1. The van der Waals surface area contributed by atoms with Gasteiger partial charge in [-0.15, -0.1) is 0 Å². The van der Waals surface area contributed by atoms with Gasteiger partial charge in [-0.25, -0.2) is 8.42 Å². The average Bonchev–Trinajstić information content (AvgIpc) is 2.55. The van der Waals surface area contributed by atoms with Crippen molar-refractivity contribution in [2.45, 2.75) is 24.9 Å². The third-order valence-corrected chi connectivity index (χ3v) is 6.00. The number of aliphatic hydroxyl groups is 1. The molecule has 0 radical (unpaired) electrons. The Morgan fingerprint density at radius 1 is 1.16 bits per heavy atom. The van der Waals surface area contributed by atoms with E-state index < -0.39 is 22.1 Å². The van der Waals surface area contributed by atoms with Crippen LogP contribution in [0.2, 0.25) is 0 Å². The van der Waals surface area contributed by atoms with Crippen molar-refractivity contribution in [2.75, 3.05) is 12.9 Å². The van der Waals surface area contributed by atoms with Crippen LogP contribution in [-0.4, -0.2) is 42.8 Å². The highest BCUT2D eigenvalue weighted by Gasteiger charge is 2.54. The van der Waals surface area contributed by atoms with Crippen molar-refractivity contribution in [3.63, 3.8) is 0 Å².